The van der Waals surface area contributed by atoms with Crippen LogP contribution >= 0.6 is 23.5 Å². The molecule has 122 valence electrons. The fourth-order valence-corrected chi connectivity index (χ4v) is 3.17. The first-order chi connectivity index (χ1) is 11.7. The molecule has 0 amide bonds. The third-order valence-electron chi connectivity index (χ3n) is 3.46. The molecule has 0 aromatic carbocycles. The Morgan fingerprint density at radius 1 is 1.17 bits per heavy atom. The third kappa shape index (κ3) is 3.86. The molecule has 6 heteroatoms. The Balaban J connectivity index is 1.83. The Hall–Kier alpha value is -2.11. The predicted octanol–water partition coefficient (Wildman–Crippen LogP) is 5.68. The highest BCUT2D eigenvalue weighted by Crippen LogP contribution is 2.33. The third-order valence-corrected chi connectivity index (χ3v) is 4.51. The smallest absolute Gasteiger partial charge is 0.213 e. The summed E-state index contributed by atoms with van der Waals surface area (Å²) in [6.07, 6.45) is 8.00. The lowest BCUT2D eigenvalue weighted by Gasteiger charge is -2.15. The summed E-state index contributed by atoms with van der Waals surface area (Å²) in [6, 6.07) is 8.21. The van der Waals surface area contributed by atoms with E-state index in [1.807, 2.05) is 6.08 Å². The van der Waals surface area contributed by atoms with Gasteiger partial charge in [-0.2, -0.15) is 4.39 Å². The van der Waals surface area contributed by atoms with Gasteiger partial charge in [0.05, 0.1) is 10.7 Å². The van der Waals surface area contributed by atoms with Crippen molar-refractivity contribution >= 4 is 34.9 Å². The van der Waals surface area contributed by atoms with Crippen LogP contribution in [-0.2, 0) is 0 Å². The van der Waals surface area contributed by atoms with Gasteiger partial charge in [-0.3, -0.25) is 0 Å². The number of nitrogens with one attached hydrogen (secondary N) is 1. The maximum Gasteiger partial charge on any atom is 0.213 e. The van der Waals surface area contributed by atoms with Crippen molar-refractivity contribution in [2.24, 2.45) is 0 Å². The van der Waals surface area contributed by atoms with Crippen LogP contribution in [0, 0.1) is 5.95 Å². The average molecular weight is 360 g/mol. The Morgan fingerprint density at radius 2 is 2.00 bits per heavy atom. The minimum atomic E-state index is -0.514. The molecular weight excluding hydrogens is 345 g/mol. The van der Waals surface area contributed by atoms with Gasteiger partial charge < -0.3 is 4.72 Å². The van der Waals surface area contributed by atoms with E-state index in [9.17, 15) is 4.39 Å². The van der Waals surface area contributed by atoms with Crippen LogP contribution in [0.1, 0.15) is 18.5 Å². The van der Waals surface area contributed by atoms with Gasteiger partial charge in [-0.25, -0.2) is 9.97 Å². The van der Waals surface area contributed by atoms with Crippen molar-refractivity contribution in [1.29, 1.82) is 0 Å². The summed E-state index contributed by atoms with van der Waals surface area (Å²) in [5.74, 6) is 0.111. The standard InChI is InChI=1S/C18H15ClFN3S/c1-2-12-6-3-4-7-13(12)18-14(19)10-11-16(22-18)23-24-17-9-5-8-15(20)21-17/h2,5-11H,1,3-4H2,(H,22,23). The number of halogens is 2. The van der Waals surface area contributed by atoms with Crippen molar-refractivity contribution in [1.82, 2.24) is 9.97 Å². The summed E-state index contributed by atoms with van der Waals surface area (Å²) in [4.78, 5) is 8.38. The van der Waals surface area contributed by atoms with Crippen LogP contribution in [0.25, 0.3) is 5.57 Å². The van der Waals surface area contributed by atoms with Crippen LogP contribution in [0.15, 0.2) is 65.7 Å². The van der Waals surface area contributed by atoms with E-state index in [2.05, 4.69) is 33.4 Å². The largest absolute Gasteiger partial charge is 0.309 e. The van der Waals surface area contributed by atoms with Gasteiger partial charge in [-0.1, -0.05) is 42.5 Å². The molecule has 1 N–H and O–H groups in total. The van der Waals surface area contributed by atoms with Gasteiger partial charge in [0, 0.05) is 17.5 Å². The summed E-state index contributed by atoms with van der Waals surface area (Å²) in [5.41, 5.74) is 2.73. The maximum absolute atomic E-state index is 13.1. The summed E-state index contributed by atoms with van der Waals surface area (Å²) < 4.78 is 16.2. The van der Waals surface area contributed by atoms with Gasteiger partial charge in [-0.05, 0) is 42.7 Å². The van der Waals surface area contributed by atoms with Crippen LogP contribution in [0.4, 0.5) is 10.2 Å². The van der Waals surface area contributed by atoms with Crippen molar-refractivity contribution < 1.29 is 4.39 Å². The zero-order valence-electron chi connectivity index (χ0n) is 12.8. The van der Waals surface area contributed by atoms with E-state index < -0.39 is 5.95 Å². The molecule has 0 unspecified atom stereocenters. The molecule has 2 heterocycles. The van der Waals surface area contributed by atoms with Gasteiger partial charge >= 0.3 is 0 Å². The lowest BCUT2D eigenvalue weighted by atomic mass is 9.95. The molecule has 0 saturated carbocycles. The number of allylic oxidation sites excluding steroid dienone is 5. The van der Waals surface area contributed by atoms with E-state index in [4.69, 9.17) is 11.6 Å². The van der Waals surface area contributed by atoms with E-state index >= 15 is 0 Å². The van der Waals surface area contributed by atoms with Crippen molar-refractivity contribution in [3.63, 3.8) is 0 Å². The quantitative estimate of drug-likeness (QED) is 0.550. The maximum atomic E-state index is 13.1. The molecule has 0 aliphatic heterocycles. The molecule has 3 nitrogen and oxygen atoms in total. The molecule has 0 atom stereocenters. The van der Waals surface area contributed by atoms with Crippen molar-refractivity contribution in [2.75, 3.05) is 4.72 Å². The van der Waals surface area contributed by atoms with Crippen LogP contribution in [0.5, 0.6) is 0 Å². The van der Waals surface area contributed by atoms with Crippen LogP contribution in [0.3, 0.4) is 0 Å². The summed E-state index contributed by atoms with van der Waals surface area (Å²) in [7, 11) is 0. The fourth-order valence-electron chi connectivity index (χ4n) is 2.36. The van der Waals surface area contributed by atoms with Crippen molar-refractivity contribution in [2.45, 2.75) is 17.9 Å². The monoisotopic (exact) mass is 359 g/mol. The fraction of sp³-hybridized carbons (Fsp3) is 0.111. The van der Waals surface area contributed by atoms with E-state index in [1.54, 1.807) is 24.3 Å². The molecule has 3 rings (SSSR count). The van der Waals surface area contributed by atoms with Gasteiger partial charge in [0.25, 0.3) is 0 Å². The summed E-state index contributed by atoms with van der Waals surface area (Å²) in [5, 5.41) is 1.10. The van der Waals surface area contributed by atoms with E-state index in [0.29, 0.717) is 21.6 Å². The highest BCUT2D eigenvalue weighted by atomic mass is 35.5. The number of pyridine rings is 2. The molecular formula is C18H15ClFN3S. The SMILES string of the molecule is C=CC1=CCCC=C1c1nc(NSc2cccc(F)n2)ccc1Cl. The Labute approximate surface area is 149 Å². The first kappa shape index (κ1) is 16.7. The van der Waals surface area contributed by atoms with E-state index in [1.165, 1.54) is 18.0 Å². The second kappa shape index (κ2) is 7.64. The normalized spacial score (nSPS) is 13.9. The molecule has 2 aromatic heterocycles. The van der Waals surface area contributed by atoms with Gasteiger partial charge in [-0.15, -0.1) is 0 Å². The van der Waals surface area contributed by atoms with Crippen molar-refractivity contribution in [3.8, 4) is 0 Å². The Kier molecular flexibility index (Phi) is 5.33. The first-order valence-corrected chi connectivity index (χ1v) is 8.62. The molecule has 0 radical (unpaired) electrons. The zero-order valence-corrected chi connectivity index (χ0v) is 14.4. The number of rotatable bonds is 5. The van der Waals surface area contributed by atoms with E-state index in [0.717, 1.165) is 24.0 Å². The summed E-state index contributed by atoms with van der Waals surface area (Å²) in [6.45, 7) is 3.85. The number of anilines is 1. The second-order valence-electron chi connectivity index (χ2n) is 5.09. The van der Waals surface area contributed by atoms with Gasteiger partial charge in [0.2, 0.25) is 5.95 Å². The molecule has 1 aliphatic rings. The number of nitrogens with zero attached hydrogens (tertiary/aromatic N) is 2. The highest BCUT2D eigenvalue weighted by molar-refractivity contribution is 8.00. The van der Waals surface area contributed by atoms with E-state index in [-0.39, 0.29) is 0 Å². The van der Waals surface area contributed by atoms with Gasteiger partial charge in [0.15, 0.2) is 0 Å². The minimum absolute atomic E-state index is 0.514. The lowest BCUT2D eigenvalue weighted by molar-refractivity contribution is 0.572. The minimum Gasteiger partial charge on any atom is -0.309 e. The predicted molar refractivity (Wildman–Crippen MR) is 98.4 cm³/mol. The summed E-state index contributed by atoms with van der Waals surface area (Å²) >= 11 is 7.52. The average Bonchev–Trinajstić information content (AvgIpc) is 2.61. The zero-order chi connectivity index (χ0) is 16.9. The lowest BCUT2D eigenvalue weighted by Crippen LogP contribution is -2.00. The molecule has 1 aliphatic carbocycles. The molecule has 0 fully saturated rings. The second-order valence-corrected chi connectivity index (χ2v) is 6.32. The Morgan fingerprint density at radius 3 is 2.79 bits per heavy atom. The topological polar surface area (TPSA) is 37.8 Å². The number of hydrogen-bond donors (Lipinski definition) is 1. The number of aromatic nitrogens is 2. The molecule has 0 spiro atoms. The van der Waals surface area contributed by atoms with Crippen LogP contribution in [0.2, 0.25) is 5.02 Å². The van der Waals surface area contributed by atoms with Crippen LogP contribution in [-0.4, -0.2) is 9.97 Å². The van der Waals surface area contributed by atoms with Crippen LogP contribution < -0.4 is 4.72 Å². The molecule has 0 saturated heterocycles. The molecule has 0 bridgehead atoms. The number of hydrogen-bond acceptors (Lipinski definition) is 4. The molecule has 2 aromatic rings. The first-order valence-electron chi connectivity index (χ1n) is 7.43. The molecule has 24 heavy (non-hydrogen) atoms. The van der Waals surface area contributed by atoms with Gasteiger partial charge in [0.1, 0.15) is 10.8 Å². The highest BCUT2D eigenvalue weighted by Gasteiger charge is 2.14. The Bertz CT molecular complexity index is 833. The van der Waals surface area contributed by atoms with Crippen molar-refractivity contribution in [3.05, 3.63) is 77.4 Å².